The number of rotatable bonds is 5. The zero-order valence-electron chi connectivity index (χ0n) is 10.0. The lowest BCUT2D eigenvalue weighted by Gasteiger charge is -2.25. The van der Waals surface area contributed by atoms with Crippen LogP contribution in [-0.2, 0) is 0 Å². The van der Waals surface area contributed by atoms with Crippen LogP contribution in [0.1, 0.15) is 42.9 Å². The van der Waals surface area contributed by atoms with Crippen molar-refractivity contribution < 1.29 is 9.90 Å². The lowest BCUT2D eigenvalue weighted by atomic mass is 9.97. The lowest BCUT2D eigenvalue weighted by molar-refractivity contribution is 0.0313. The van der Waals surface area contributed by atoms with Gasteiger partial charge >= 0.3 is 0 Å². The Morgan fingerprint density at radius 1 is 1.56 bits per heavy atom. The molecule has 5 heteroatoms. The molecule has 0 aliphatic carbocycles. The Balaban J connectivity index is 2.53. The van der Waals surface area contributed by atoms with Gasteiger partial charge in [-0.2, -0.15) is 5.10 Å². The molecule has 1 heterocycles. The maximum absolute atomic E-state index is 11.6. The van der Waals surface area contributed by atoms with Crippen LogP contribution in [0.2, 0.25) is 0 Å². The first-order chi connectivity index (χ1) is 7.50. The minimum atomic E-state index is -0.818. The van der Waals surface area contributed by atoms with Crippen molar-refractivity contribution >= 4 is 5.91 Å². The zero-order chi connectivity index (χ0) is 12.2. The molecule has 0 fully saturated rings. The van der Waals surface area contributed by atoms with Gasteiger partial charge in [-0.25, -0.2) is 0 Å². The van der Waals surface area contributed by atoms with Gasteiger partial charge in [-0.3, -0.25) is 9.89 Å². The molecule has 1 rings (SSSR count). The van der Waals surface area contributed by atoms with Crippen LogP contribution >= 0.6 is 0 Å². The summed E-state index contributed by atoms with van der Waals surface area (Å²) < 4.78 is 0. The number of hydrogen-bond donors (Lipinski definition) is 3. The molecule has 0 radical (unpaired) electrons. The number of carbonyl (C=O) groups excluding carboxylic acids is 1. The third-order valence-electron chi connectivity index (χ3n) is 2.83. The summed E-state index contributed by atoms with van der Waals surface area (Å²) >= 11 is 0. The van der Waals surface area contributed by atoms with Crippen LogP contribution in [0.25, 0.3) is 0 Å². The molecular formula is C11H19N3O2. The standard InChI is InChI=1S/C11H19N3O2/c1-4-11(16,5-2)7-12-10(15)9-6-8(3)13-14-9/h6,16H,4-5,7H2,1-3H3,(H,12,15)(H,13,14). The quantitative estimate of drug-likeness (QED) is 0.699. The number of aryl methyl sites for hydroxylation is 1. The number of aliphatic hydroxyl groups is 1. The molecule has 0 spiro atoms. The van der Waals surface area contributed by atoms with E-state index >= 15 is 0 Å². The zero-order valence-corrected chi connectivity index (χ0v) is 10.0. The van der Waals surface area contributed by atoms with Crippen molar-refractivity contribution in [2.45, 2.75) is 39.2 Å². The Kier molecular flexibility index (Phi) is 4.06. The molecule has 1 aromatic heterocycles. The highest BCUT2D eigenvalue weighted by Crippen LogP contribution is 2.13. The van der Waals surface area contributed by atoms with Gasteiger partial charge in [0.25, 0.3) is 5.91 Å². The summed E-state index contributed by atoms with van der Waals surface area (Å²) in [6.45, 7) is 5.88. The van der Waals surface area contributed by atoms with E-state index in [4.69, 9.17) is 0 Å². The number of amides is 1. The summed E-state index contributed by atoms with van der Waals surface area (Å²) in [6.07, 6.45) is 1.23. The van der Waals surface area contributed by atoms with E-state index in [1.807, 2.05) is 20.8 Å². The van der Waals surface area contributed by atoms with E-state index in [0.29, 0.717) is 18.5 Å². The number of aromatic nitrogens is 2. The van der Waals surface area contributed by atoms with Gasteiger partial charge in [-0.05, 0) is 25.8 Å². The number of aromatic amines is 1. The summed E-state index contributed by atoms with van der Waals surface area (Å²) in [5, 5.41) is 19.2. The van der Waals surface area contributed by atoms with Gasteiger partial charge in [0.15, 0.2) is 0 Å². The van der Waals surface area contributed by atoms with Crippen molar-refractivity contribution in [3.63, 3.8) is 0 Å². The minimum Gasteiger partial charge on any atom is -0.388 e. The molecule has 0 aliphatic heterocycles. The van der Waals surface area contributed by atoms with E-state index < -0.39 is 5.60 Å². The highest BCUT2D eigenvalue weighted by atomic mass is 16.3. The molecule has 0 bridgehead atoms. The van der Waals surface area contributed by atoms with Crippen molar-refractivity contribution in [3.8, 4) is 0 Å². The van der Waals surface area contributed by atoms with E-state index in [-0.39, 0.29) is 12.5 Å². The fourth-order valence-electron chi connectivity index (χ4n) is 1.37. The Labute approximate surface area is 95.3 Å². The third kappa shape index (κ3) is 3.06. The first kappa shape index (κ1) is 12.7. The predicted molar refractivity (Wildman–Crippen MR) is 61.2 cm³/mol. The second-order valence-electron chi connectivity index (χ2n) is 4.05. The average Bonchev–Trinajstić information content (AvgIpc) is 2.72. The van der Waals surface area contributed by atoms with E-state index in [0.717, 1.165) is 5.69 Å². The fourth-order valence-corrected chi connectivity index (χ4v) is 1.37. The van der Waals surface area contributed by atoms with Gasteiger partial charge in [0.1, 0.15) is 5.69 Å². The summed E-state index contributed by atoms with van der Waals surface area (Å²) in [6, 6.07) is 1.67. The van der Waals surface area contributed by atoms with Gasteiger partial charge in [0.2, 0.25) is 0 Å². The molecule has 16 heavy (non-hydrogen) atoms. The van der Waals surface area contributed by atoms with Crippen LogP contribution in [-0.4, -0.2) is 33.4 Å². The van der Waals surface area contributed by atoms with Crippen molar-refractivity contribution in [3.05, 3.63) is 17.5 Å². The molecule has 0 atom stereocenters. The number of hydrogen-bond acceptors (Lipinski definition) is 3. The number of nitrogens with zero attached hydrogens (tertiary/aromatic N) is 1. The maximum Gasteiger partial charge on any atom is 0.271 e. The summed E-state index contributed by atoms with van der Waals surface area (Å²) in [7, 11) is 0. The minimum absolute atomic E-state index is 0.255. The number of carbonyl (C=O) groups is 1. The maximum atomic E-state index is 11.6. The molecule has 5 nitrogen and oxygen atoms in total. The second kappa shape index (κ2) is 5.12. The van der Waals surface area contributed by atoms with Crippen molar-refractivity contribution in [2.75, 3.05) is 6.54 Å². The van der Waals surface area contributed by atoms with Gasteiger partial charge in [-0.15, -0.1) is 0 Å². The van der Waals surface area contributed by atoms with Crippen molar-refractivity contribution in [1.29, 1.82) is 0 Å². The summed E-state index contributed by atoms with van der Waals surface area (Å²) in [5.41, 5.74) is 0.375. The normalized spacial score (nSPS) is 11.5. The van der Waals surface area contributed by atoms with E-state index in [1.165, 1.54) is 0 Å². The molecule has 0 saturated carbocycles. The highest BCUT2D eigenvalue weighted by Gasteiger charge is 2.23. The van der Waals surface area contributed by atoms with Crippen LogP contribution in [0, 0.1) is 6.92 Å². The van der Waals surface area contributed by atoms with Gasteiger partial charge in [-0.1, -0.05) is 13.8 Å². The first-order valence-corrected chi connectivity index (χ1v) is 5.53. The molecule has 1 amide bonds. The Bertz CT molecular complexity index is 356. The third-order valence-corrected chi connectivity index (χ3v) is 2.83. The molecule has 90 valence electrons. The largest absolute Gasteiger partial charge is 0.388 e. The van der Waals surface area contributed by atoms with Gasteiger partial charge in [0, 0.05) is 12.2 Å². The predicted octanol–water partition coefficient (Wildman–Crippen LogP) is 0.999. The van der Waals surface area contributed by atoms with Crippen LogP contribution in [0.4, 0.5) is 0 Å². The van der Waals surface area contributed by atoms with E-state index in [1.54, 1.807) is 6.07 Å². The summed E-state index contributed by atoms with van der Waals surface area (Å²) in [5.74, 6) is -0.260. The van der Waals surface area contributed by atoms with Crippen molar-refractivity contribution in [1.82, 2.24) is 15.5 Å². The van der Waals surface area contributed by atoms with Gasteiger partial charge in [0.05, 0.1) is 5.60 Å². The molecule has 0 saturated heterocycles. The van der Waals surface area contributed by atoms with Crippen LogP contribution < -0.4 is 5.32 Å². The molecule has 0 unspecified atom stereocenters. The second-order valence-corrected chi connectivity index (χ2v) is 4.05. The number of nitrogens with one attached hydrogen (secondary N) is 2. The molecule has 0 aliphatic rings. The Hall–Kier alpha value is -1.36. The lowest BCUT2D eigenvalue weighted by Crippen LogP contribution is -2.42. The smallest absolute Gasteiger partial charge is 0.271 e. The number of H-pyrrole nitrogens is 1. The Morgan fingerprint density at radius 2 is 2.19 bits per heavy atom. The SMILES string of the molecule is CCC(O)(CC)CNC(=O)c1cc(C)[nH]n1. The Morgan fingerprint density at radius 3 is 2.62 bits per heavy atom. The molecular weight excluding hydrogens is 206 g/mol. The van der Waals surface area contributed by atoms with Crippen LogP contribution in [0.3, 0.4) is 0 Å². The fraction of sp³-hybridized carbons (Fsp3) is 0.636. The topological polar surface area (TPSA) is 78.0 Å². The molecule has 0 aromatic carbocycles. The first-order valence-electron chi connectivity index (χ1n) is 5.53. The average molecular weight is 225 g/mol. The van der Waals surface area contributed by atoms with Gasteiger partial charge < -0.3 is 10.4 Å². The van der Waals surface area contributed by atoms with E-state index in [9.17, 15) is 9.90 Å². The van der Waals surface area contributed by atoms with Crippen LogP contribution in [0.5, 0.6) is 0 Å². The molecule has 3 N–H and O–H groups in total. The summed E-state index contributed by atoms with van der Waals surface area (Å²) in [4.78, 5) is 11.6. The highest BCUT2D eigenvalue weighted by molar-refractivity contribution is 5.92. The van der Waals surface area contributed by atoms with Crippen molar-refractivity contribution in [2.24, 2.45) is 0 Å². The van der Waals surface area contributed by atoms with Crippen LogP contribution in [0.15, 0.2) is 6.07 Å². The van der Waals surface area contributed by atoms with E-state index in [2.05, 4.69) is 15.5 Å². The monoisotopic (exact) mass is 225 g/mol. The molecule has 1 aromatic rings.